The van der Waals surface area contributed by atoms with E-state index in [1.165, 1.54) is 6.33 Å². The summed E-state index contributed by atoms with van der Waals surface area (Å²) in [5.41, 5.74) is 6.46. The summed E-state index contributed by atoms with van der Waals surface area (Å²) in [5, 5.41) is 5.00. The zero-order valence-electron chi connectivity index (χ0n) is 7.03. The summed E-state index contributed by atoms with van der Waals surface area (Å²) in [6, 6.07) is 0. The van der Waals surface area contributed by atoms with E-state index in [2.05, 4.69) is 31.0 Å². The molecule has 0 aromatic carbocycles. The van der Waals surface area contributed by atoms with Crippen molar-refractivity contribution in [3.8, 4) is 0 Å². The topological polar surface area (TPSA) is 69.6 Å². The van der Waals surface area contributed by atoms with Crippen molar-refractivity contribution < 1.29 is 0 Å². The van der Waals surface area contributed by atoms with Gasteiger partial charge in [-0.15, -0.1) is 0 Å². The van der Waals surface area contributed by atoms with Crippen LogP contribution < -0.4 is 5.73 Å². The van der Waals surface area contributed by atoms with Crippen LogP contribution >= 0.6 is 15.9 Å². The number of aryl methyl sites for hydroxylation is 1. The van der Waals surface area contributed by atoms with Gasteiger partial charge >= 0.3 is 0 Å². The predicted octanol–water partition coefficient (Wildman–Crippen LogP) is 1.19. The third kappa shape index (κ3) is 1.17. The number of aromatic nitrogens is 4. The second-order valence-corrected chi connectivity index (χ2v) is 3.32. The molecule has 2 rings (SSSR count). The average molecular weight is 242 g/mol. The Morgan fingerprint density at radius 2 is 2.31 bits per heavy atom. The lowest BCUT2D eigenvalue weighted by Crippen LogP contribution is -1.98. The average Bonchev–Trinajstić information content (AvgIpc) is 2.44. The van der Waals surface area contributed by atoms with E-state index in [9.17, 15) is 0 Å². The highest BCUT2D eigenvalue weighted by atomic mass is 79.9. The fourth-order valence-electron chi connectivity index (χ4n) is 1.21. The fourth-order valence-corrected chi connectivity index (χ4v) is 1.78. The Labute approximate surface area is 83.1 Å². The van der Waals surface area contributed by atoms with Crippen molar-refractivity contribution in [2.24, 2.45) is 0 Å². The van der Waals surface area contributed by atoms with Gasteiger partial charge in [-0.3, -0.25) is 0 Å². The van der Waals surface area contributed by atoms with Crippen LogP contribution in [0.2, 0.25) is 0 Å². The van der Waals surface area contributed by atoms with Crippen molar-refractivity contribution in [1.82, 2.24) is 19.7 Å². The molecule has 0 unspecified atom stereocenters. The van der Waals surface area contributed by atoms with Crippen molar-refractivity contribution in [2.45, 2.75) is 13.5 Å². The number of hydrogen-bond donors (Lipinski definition) is 1. The van der Waals surface area contributed by atoms with E-state index in [-0.39, 0.29) is 0 Å². The zero-order valence-corrected chi connectivity index (χ0v) is 8.61. The lowest BCUT2D eigenvalue weighted by Gasteiger charge is -1.96. The van der Waals surface area contributed by atoms with E-state index in [1.807, 2.05) is 6.92 Å². The zero-order chi connectivity index (χ0) is 9.42. The molecule has 0 atom stereocenters. The molecule has 13 heavy (non-hydrogen) atoms. The standard InChI is InChI=1S/C7H8BrN5/c1-2-13-7-4(5(8)12-13)6(9)10-3-11-7/h3H,2H2,1H3,(H2,9,10,11). The number of rotatable bonds is 1. The highest BCUT2D eigenvalue weighted by Crippen LogP contribution is 2.24. The van der Waals surface area contributed by atoms with Crippen molar-refractivity contribution >= 4 is 32.8 Å². The van der Waals surface area contributed by atoms with Crippen LogP contribution in [0.5, 0.6) is 0 Å². The van der Waals surface area contributed by atoms with Gasteiger partial charge in [0.25, 0.3) is 0 Å². The van der Waals surface area contributed by atoms with E-state index in [1.54, 1.807) is 4.68 Å². The van der Waals surface area contributed by atoms with Crippen molar-refractivity contribution in [2.75, 3.05) is 5.73 Å². The van der Waals surface area contributed by atoms with Gasteiger partial charge in [0.2, 0.25) is 0 Å². The molecular weight excluding hydrogens is 234 g/mol. The summed E-state index contributed by atoms with van der Waals surface area (Å²) in [7, 11) is 0. The second-order valence-electron chi connectivity index (χ2n) is 2.56. The Balaban J connectivity index is 2.87. The number of fused-ring (bicyclic) bond motifs is 1. The van der Waals surface area contributed by atoms with Crippen molar-refractivity contribution in [1.29, 1.82) is 0 Å². The monoisotopic (exact) mass is 241 g/mol. The molecule has 6 heteroatoms. The van der Waals surface area contributed by atoms with Gasteiger partial charge < -0.3 is 5.73 Å². The van der Waals surface area contributed by atoms with Crippen LogP contribution in [-0.2, 0) is 6.54 Å². The van der Waals surface area contributed by atoms with E-state index in [4.69, 9.17) is 5.73 Å². The van der Waals surface area contributed by atoms with Crippen molar-refractivity contribution in [3.63, 3.8) is 0 Å². The van der Waals surface area contributed by atoms with Crippen LogP contribution in [-0.4, -0.2) is 19.7 Å². The van der Waals surface area contributed by atoms with Gasteiger partial charge in [-0.2, -0.15) is 5.10 Å². The smallest absolute Gasteiger partial charge is 0.164 e. The van der Waals surface area contributed by atoms with E-state index >= 15 is 0 Å². The molecule has 0 saturated heterocycles. The SMILES string of the molecule is CCn1nc(Br)c2c(N)ncnc21. The Hall–Kier alpha value is -1.17. The van der Waals surface area contributed by atoms with Gasteiger partial charge in [-0.05, 0) is 22.9 Å². The molecular formula is C7H8BrN5. The van der Waals surface area contributed by atoms with E-state index in [0.29, 0.717) is 10.4 Å². The molecule has 0 aliphatic heterocycles. The first-order valence-corrected chi connectivity index (χ1v) is 4.65. The Morgan fingerprint density at radius 3 is 3.00 bits per heavy atom. The van der Waals surface area contributed by atoms with Gasteiger partial charge in [-0.25, -0.2) is 14.6 Å². The minimum absolute atomic E-state index is 0.455. The molecule has 0 spiro atoms. The van der Waals surface area contributed by atoms with Crippen molar-refractivity contribution in [3.05, 3.63) is 10.9 Å². The quantitative estimate of drug-likeness (QED) is 0.815. The second kappa shape index (κ2) is 2.95. The first kappa shape index (κ1) is 8.43. The number of anilines is 1. The Kier molecular flexibility index (Phi) is 1.91. The van der Waals surface area contributed by atoms with Crippen LogP contribution in [0.15, 0.2) is 10.9 Å². The molecule has 0 saturated carbocycles. The normalized spacial score (nSPS) is 10.9. The summed E-state index contributed by atoms with van der Waals surface area (Å²) in [4.78, 5) is 8.01. The molecule has 0 fully saturated rings. The third-order valence-corrected chi connectivity index (χ3v) is 2.37. The molecule has 2 aromatic heterocycles. The maximum atomic E-state index is 5.69. The number of nitrogens with zero attached hydrogens (tertiary/aromatic N) is 4. The first-order chi connectivity index (χ1) is 6.24. The summed E-state index contributed by atoms with van der Waals surface area (Å²) in [6.07, 6.45) is 1.44. The van der Waals surface area contributed by atoms with Gasteiger partial charge in [0.05, 0.1) is 5.39 Å². The maximum Gasteiger partial charge on any atom is 0.164 e. The molecule has 68 valence electrons. The highest BCUT2D eigenvalue weighted by Gasteiger charge is 2.11. The van der Waals surface area contributed by atoms with Gasteiger partial charge in [0, 0.05) is 6.54 Å². The molecule has 2 N–H and O–H groups in total. The summed E-state index contributed by atoms with van der Waals surface area (Å²) in [6.45, 7) is 2.76. The maximum absolute atomic E-state index is 5.69. The molecule has 0 radical (unpaired) electrons. The van der Waals surface area contributed by atoms with Crippen LogP contribution in [0.3, 0.4) is 0 Å². The summed E-state index contributed by atoms with van der Waals surface area (Å²) in [5.74, 6) is 0.455. The number of nitrogen functional groups attached to an aromatic ring is 1. The minimum atomic E-state index is 0.455. The molecule has 0 aliphatic rings. The van der Waals surface area contributed by atoms with Gasteiger partial charge in [0.1, 0.15) is 16.7 Å². The minimum Gasteiger partial charge on any atom is -0.383 e. The first-order valence-electron chi connectivity index (χ1n) is 3.86. The molecule has 2 aromatic rings. The Bertz CT molecular complexity index is 449. The molecule has 5 nitrogen and oxygen atoms in total. The van der Waals surface area contributed by atoms with E-state index < -0.39 is 0 Å². The predicted molar refractivity (Wildman–Crippen MR) is 53.1 cm³/mol. The summed E-state index contributed by atoms with van der Waals surface area (Å²) < 4.78 is 2.47. The van der Waals surface area contributed by atoms with Crippen LogP contribution in [0.4, 0.5) is 5.82 Å². The lowest BCUT2D eigenvalue weighted by molar-refractivity contribution is 0.671. The van der Waals surface area contributed by atoms with E-state index in [0.717, 1.165) is 17.6 Å². The molecule has 2 heterocycles. The van der Waals surface area contributed by atoms with Gasteiger partial charge in [0.15, 0.2) is 5.65 Å². The fraction of sp³-hybridized carbons (Fsp3) is 0.286. The number of halogens is 1. The third-order valence-electron chi connectivity index (χ3n) is 1.82. The van der Waals surface area contributed by atoms with Crippen LogP contribution in [0.1, 0.15) is 6.92 Å². The Morgan fingerprint density at radius 1 is 1.54 bits per heavy atom. The van der Waals surface area contributed by atoms with Crippen LogP contribution in [0, 0.1) is 0 Å². The lowest BCUT2D eigenvalue weighted by atomic mass is 10.4. The van der Waals surface area contributed by atoms with Crippen LogP contribution in [0.25, 0.3) is 11.0 Å². The molecule has 0 bridgehead atoms. The van der Waals surface area contributed by atoms with Gasteiger partial charge in [-0.1, -0.05) is 0 Å². The highest BCUT2D eigenvalue weighted by molar-refractivity contribution is 9.10. The largest absolute Gasteiger partial charge is 0.383 e. The number of nitrogens with two attached hydrogens (primary N) is 1. The molecule has 0 amide bonds. The molecule has 0 aliphatic carbocycles. The number of hydrogen-bond acceptors (Lipinski definition) is 4. The summed E-state index contributed by atoms with van der Waals surface area (Å²) >= 11 is 3.32.